The van der Waals surface area contributed by atoms with Crippen LogP contribution in [0.25, 0.3) is 0 Å². The highest BCUT2D eigenvalue weighted by Crippen LogP contribution is 2.38. The molecule has 0 amide bonds. The largest absolute Gasteiger partial charge is 0.391 e. The summed E-state index contributed by atoms with van der Waals surface area (Å²) in [5.74, 6) is 3.87. The van der Waals surface area contributed by atoms with E-state index in [-0.39, 0.29) is 31.3 Å². The lowest BCUT2D eigenvalue weighted by atomic mass is 10.1. The first-order valence-corrected chi connectivity index (χ1v) is 3.57. The normalized spacial score (nSPS) is 30.0. The molecule has 0 heterocycles. The van der Waals surface area contributed by atoms with E-state index in [9.17, 15) is 13.2 Å². The maximum absolute atomic E-state index is 12.0. The van der Waals surface area contributed by atoms with Gasteiger partial charge in [-0.1, -0.05) is 0 Å². The van der Waals surface area contributed by atoms with Crippen molar-refractivity contribution in [1.29, 1.82) is 0 Å². The molecule has 2 atom stereocenters. The highest BCUT2D eigenvalue weighted by Gasteiger charge is 2.43. The minimum atomic E-state index is -4.04. The number of nitrogens with two attached hydrogens (primary N) is 1. The van der Waals surface area contributed by atoms with Crippen LogP contribution in [0.3, 0.4) is 0 Å². The maximum atomic E-state index is 12.0. The van der Waals surface area contributed by atoms with E-state index in [0.29, 0.717) is 6.42 Å². The Morgan fingerprint density at radius 1 is 1.25 bits per heavy atom. The van der Waals surface area contributed by atoms with Crippen molar-refractivity contribution in [1.82, 2.24) is 5.43 Å². The van der Waals surface area contributed by atoms with E-state index in [4.69, 9.17) is 5.84 Å². The molecule has 1 rings (SSSR count). The lowest BCUT2D eigenvalue weighted by molar-refractivity contribution is -0.172. The minimum Gasteiger partial charge on any atom is -0.271 e. The van der Waals surface area contributed by atoms with Crippen LogP contribution in [-0.4, -0.2) is 12.2 Å². The van der Waals surface area contributed by atoms with Gasteiger partial charge in [-0.3, -0.25) is 11.3 Å². The van der Waals surface area contributed by atoms with E-state index in [1.807, 2.05) is 0 Å². The van der Waals surface area contributed by atoms with Gasteiger partial charge in [-0.15, -0.1) is 12.4 Å². The molecule has 1 fully saturated rings. The van der Waals surface area contributed by atoms with Gasteiger partial charge in [0.2, 0.25) is 0 Å². The van der Waals surface area contributed by atoms with E-state index >= 15 is 0 Å². The molecule has 0 spiro atoms. The molecule has 0 saturated heterocycles. The molecule has 0 aliphatic heterocycles. The molecule has 0 bridgehead atoms. The average molecular weight is 205 g/mol. The third-order valence-electron chi connectivity index (χ3n) is 2.13. The summed E-state index contributed by atoms with van der Waals surface area (Å²) in [5.41, 5.74) is 2.37. The van der Waals surface area contributed by atoms with Gasteiger partial charge in [-0.25, -0.2) is 0 Å². The summed E-state index contributed by atoms with van der Waals surface area (Å²) in [4.78, 5) is 0. The van der Waals surface area contributed by atoms with E-state index < -0.39 is 12.1 Å². The molecule has 0 aromatic carbocycles. The Kier molecular flexibility index (Phi) is 4.30. The topological polar surface area (TPSA) is 38.0 Å². The predicted molar refractivity (Wildman–Crippen MR) is 41.8 cm³/mol. The summed E-state index contributed by atoms with van der Waals surface area (Å²) in [6.07, 6.45) is -3.18. The van der Waals surface area contributed by atoms with Crippen LogP contribution in [0.2, 0.25) is 0 Å². The molecule has 1 aliphatic carbocycles. The van der Waals surface area contributed by atoms with Gasteiger partial charge in [-0.05, 0) is 19.3 Å². The van der Waals surface area contributed by atoms with Gasteiger partial charge in [0.05, 0.1) is 5.92 Å². The lowest BCUT2D eigenvalue weighted by Crippen LogP contribution is -2.33. The molecule has 1 aliphatic rings. The quantitative estimate of drug-likeness (QED) is 0.503. The Labute approximate surface area is 75.1 Å². The van der Waals surface area contributed by atoms with Crippen molar-refractivity contribution in [2.45, 2.75) is 31.5 Å². The Balaban J connectivity index is 0.00000121. The summed E-state index contributed by atoms with van der Waals surface area (Å²) in [5, 5.41) is 0. The summed E-state index contributed by atoms with van der Waals surface area (Å²) >= 11 is 0. The number of hydrogen-bond acceptors (Lipinski definition) is 2. The lowest BCUT2D eigenvalue weighted by Gasteiger charge is -2.13. The zero-order valence-corrected chi connectivity index (χ0v) is 7.21. The highest BCUT2D eigenvalue weighted by molar-refractivity contribution is 5.85. The van der Waals surface area contributed by atoms with Crippen molar-refractivity contribution in [3.63, 3.8) is 0 Å². The monoisotopic (exact) mass is 204 g/mol. The van der Waals surface area contributed by atoms with Crippen LogP contribution in [0.4, 0.5) is 13.2 Å². The van der Waals surface area contributed by atoms with Crippen LogP contribution in [0, 0.1) is 5.92 Å². The van der Waals surface area contributed by atoms with E-state index in [0.717, 1.165) is 0 Å². The van der Waals surface area contributed by atoms with Crippen molar-refractivity contribution >= 4 is 12.4 Å². The molecule has 1 saturated carbocycles. The van der Waals surface area contributed by atoms with Crippen LogP contribution in [-0.2, 0) is 0 Å². The van der Waals surface area contributed by atoms with Gasteiger partial charge >= 0.3 is 6.18 Å². The number of alkyl halides is 3. The van der Waals surface area contributed by atoms with Crippen molar-refractivity contribution in [2.24, 2.45) is 11.8 Å². The summed E-state index contributed by atoms with van der Waals surface area (Å²) < 4.78 is 36.0. The third kappa shape index (κ3) is 2.80. The standard InChI is InChI=1S/C6H11F3N2.ClH/c7-6(8,9)4-1-2-5(3-4)11-10;/h4-5,11H,1-3,10H2;1H. The van der Waals surface area contributed by atoms with Crippen molar-refractivity contribution < 1.29 is 13.2 Å². The van der Waals surface area contributed by atoms with Crippen molar-refractivity contribution in [3.8, 4) is 0 Å². The van der Waals surface area contributed by atoms with Gasteiger partial charge in [0.1, 0.15) is 0 Å². The molecule has 3 N–H and O–H groups in total. The number of hydrazine groups is 1. The van der Waals surface area contributed by atoms with Crippen LogP contribution in [0.1, 0.15) is 19.3 Å². The molecular formula is C6H12ClF3N2. The fourth-order valence-corrected chi connectivity index (χ4v) is 1.43. The Bertz CT molecular complexity index is 139. The smallest absolute Gasteiger partial charge is 0.271 e. The Hall–Kier alpha value is -0.0000000000000000555. The van der Waals surface area contributed by atoms with E-state index in [2.05, 4.69) is 5.43 Å². The Morgan fingerprint density at radius 2 is 1.83 bits per heavy atom. The average Bonchev–Trinajstić information content (AvgIpc) is 2.32. The zero-order valence-electron chi connectivity index (χ0n) is 6.40. The van der Waals surface area contributed by atoms with Crippen LogP contribution < -0.4 is 11.3 Å². The SMILES string of the molecule is Cl.NNC1CCC(C(F)(F)F)C1. The first-order chi connectivity index (χ1) is 5.04. The number of rotatable bonds is 1. The van der Waals surface area contributed by atoms with Crippen LogP contribution in [0.5, 0.6) is 0 Å². The molecule has 0 aromatic rings. The van der Waals surface area contributed by atoms with Crippen molar-refractivity contribution in [2.75, 3.05) is 0 Å². The van der Waals surface area contributed by atoms with E-state index in [1.54, 1.807) is 0 Å². The maximum Gasteiger partial charge on any atom is 0.391 e. The van der Waals surface area contributed by atoms with Crippen LogP contribution in [0.15, 0.2) is 0 Å². The van der Waals surface area contributed by atoms with E-state index in [1.165, 1.54) is 0 Å². The number of hydrogen-bond donors (Lipinski definition) is 2. The van der Waals surface area contributed by atoms with Crippen molar-refractivity contribution in [3.05, 3.63) is 0 Å². The molecule has 0 aromatic heterocycles. The number of halogens is 4. The fourth-order valence-electron chi connectivity index (χ4n) is 1.43. The fraction of sp³-hybridized carbons (Fsp3) is 1.00. The molecular weight excluding hydrogens is 193 g/mol. The van der Waals surface area contributed by atoms with Gasteiger partial charge < -0.3 is 0 Å². The highest BCUT2D eigenvalue weighted by atomic mass is 35.5. The third-order valence-corrected chi connectivity index (χ3v) is 2.13. The second kappa shape index (κ2) is 4.30. The molecule has 0 radical (unpaired) electrons. The molecule has 12 heavy (non-hydrogen) atoms. The van der Waals surface area contributed by atoms with Gasteiger partial charge in [0, 0.05) is 6.04 Å². The first kappa shape index (κ1) is 12.0. The zero-order chi connectivity index (χ0) is 8.48. The van der Waals surface area contributed by atoms with Gasteiger partial charge in [0.25, 0.3) is 0 Å². The predicted octanol–water partition coefficient (Wildman–Crippen LogP) is 1.60. The van der Waals surface area contributed by atoms with Gasteiger partial charge in [0.15, 0.2) is 0 Å². The summed E-state index contributed by atoms with van der Waals surface area (Å²) in [7, 11) is 0. The van der Waals surface area contributed by atoms with Gasteiger partial charge in [-0.2, -0.15) is 13.2 Å². The molecule has 74 valence electrons. The Morgan fingerprint density at radius 3 is 2.08 bits per heavy atom. The second-order valence-electron chi connectivity index (χ2n) is 2.92. The summed E-state index contributed by atoms with van der Waals surface area (Å²) in [6, 6.07) is -0.151. The second-order valence-corrected chi connectivity index (χ2v) is 2.92. The molecule has 2 unspecified atom stereocenters. The molecule has 6 heteroatoms. The number of nitrogens with one attached hydrogen (secondary N) is 1. The summed E-state index contributed by atoms with van der Waals surface area (Å²) in [6.45, 7) is 0. The van der Waals surface area contributed by atoms with Crippen LogP contribution >= 0.6 is 12.4 Å². The molecule has 2 nitrogen and oxygen atoms in total. The minimum absolute atomic E-state index is 0. The first-order valence-electron chi connectivity index (χ1n) is 3.57.